The van der Waals surface area contributed by atoms with Crippen LogP contribution in [0.3, 0.4) is 0 Å². The van der Waals surface area contributed by atoms with Crippen molar-refractivity contribution >= 4 is 17.7 Å². The number of nitriles is 1. The van der Waals surface area contributed by atoms with Crippen LogP contribution in [0.15, 0.2) is 42.9 Å². The standard InChI is InChI=1S/C23H18N6O3/c1-28-12-18(26-21(28)17-10-25-7-6-14(17)9-24)13-2-3-16-15(8-13)11-29(23(16)32)19-4-5-20(30)27-22(19)31/h2-3,6-8,10,12,19H,4-5,11H2,1H3,(H,27,30,31). The predicted molar refractivity (Wildman–Crippen MR) is 113 cm³/mol. The Hall–Kier alpha value is -4.32. The molecule has 158 valence electrons. The Bertz CT molecular complexity index is 1340. The number of fused-ring (bicyclic) bond motifs is 1. The van der Waals surface area contributed by atoms with Crippen LogP contribution in [0.5, 0.6) is 0 Å². The van der Waals surface area contributed by atoms with Gasteiger partial charge in [-0.05, 0) is 30.2 Å². The summed E-state index contributed by atoms with van der Waals surface area (Å²) in [5.41, 5.74) is 4.01. The fourth-order valence-electron chi connectivity index (χ4n) is 4.26. The number of benzene rings is 1. The molecular formula is C23H18N6O3. The smallest absolute Gasteiger partial charge is 0.255 e. The molecule has 2 aliphatic heterocycles. The Morgan fingerprint density at radius 1 is 1.19 bits per heavy atom. The molecule has 1 atom stereocenters. The molecule has 1 saturated heterocycles. The van der Waals surface area contributed by atoms with E-state index in [0.717, 1.165) is 11.1 Å². The van der Waals surface area contributed by atoms with Gasteiger partial charge in [0.25, 0.3) is 5.91 Å². The first-order chi connectivity index (χ1) is 15.5. The molecule has 9 nitrogen and oxygen atoms in total. The second-order valence-electron chi connectivity index (χ2n) is 7.87. The minimum absolute atomic E-state index is 0.211. The van der Waals surface area contributed by atoms with Crippen LogP contribution < -0.4 is 5.32 Å². The SMILES string of the molecule is Cn1cc(-c2ccc3c(c2)CN(C2CCC(=O)NC2=O)C3=O)nc1-c1cnccc1C#N. The van der Waals surface area contributed by atoms with E-state index in [4.69, 9.17) is 4.98 Å². The predicted octanol–water partition coefficient (Wildman–Crippen LogP) is 1.78. The van der Waals surface area contributed by atoms with Crippen molar-refractivity contribution in [3.63, 3.8) is 0 Å². The third kappa shape index (κ3) is 3.13. The zero-order valence-electron chi connectivity index (χ0n) is 17.2. The molecule has 5 rings (SSSR count). The average Bonchev–Trinajstić information content (AvgIpc) is 3.33. The number of amides is 3. The lowest BCUT2D eigenvalue weighted by atomic mass is 10.0. The minimum Gasteiger partial charge on any atom is -0.333 e. The van der Waals surface area contributed by atoms with Gasteiger partial charge in [0, 0.05) is 49.7 Å². The van der Waals surface area contributed by atoms with Crippen molar-refractivity contribution in [2.45, 2.75) is 25.4 Å². The van der Waals surface area contributed by atoms with Crippen LogP contribution in [0, 0.1) is 11.3 Å². The second kappa shape index (κ2) is 7.42. The van der Waals surface area contributed by atoms with Crippen molar-refractivity contribution in [1.82, 2.24) is 24.8 Å². The van der Waals surface area contributed by atoms with E-state index in [1.165, 1.54) is 4.90 Å². The molecule has 32 heavy (non-hydrogen) atoms. The summed E-state index contributed by atoms with van der Waals surface area (Å²) >= 11 is 0. The number of carbonyl (C=O) groups is 3. The lowest BCUT2D eigenvalue weighted by molar-refractivity contribution is -0.136. The largest absolute Gasteiger partial charge is 0.333 e. The number of pyridine rings is 1. The van der Waals surface area contributed by atoms with Crippen molar-refractivity contribution in [2.75, 3.05) is 0 Å². The molecule has 1 N–H and O–H groups in total. The van der Waals surface area contributed by atoms with E-state index in [9.17, 15) is 19.6 Å². The van der Waals surface area contributed by atoms with Crippen molar-refractivity contribution in [1.29, 1.82) is 5.26 Å². The van der Waals surface area contributed by atoms with Crippen LogP contribution in [0.25, 0.3) is 22.6 Å². The fraction of sp³-hybridized carbons (Fsp3) is 0.217. The maximum Gasteiger partial charge on any atom is 0.255 e. The van der Waals surface area contributed by atoms with Crippen LogP contribution in [-0.4, -0.2) is 43.2 Å². The topological polar surface area (TPSA) is 121 Å². The monoisotopic (exact) mass is 426 g/mol. The van der Waals surface area contributed by atoms with Crippen LogP contribution in [0.4, 0.5) is 0 Å². The number of aromatic nitrogens is 3. The summed E-state index contributed by atoms with van der Waals surface area (Å²) in [7, 11) is 1.85. The van der Waals surface area contributed by atoms with E-state index >= 15 is 0 Å². The maximum absolute atomic E-state index is 12.9. The van der Waals surface area contributed by atoms with Gasteiger partial charge in [-0.3, -0.25) is 24.7 Å². The summed E-state index contributed by atoms with van der Waals surface area (Å²) < 4.78 is 1.83. The van der Waals surface area contributed by atoms with Gasteiger partial charge in [0.2, 0.25) is 11.8 Å². The van der Waals surface area contributed by atoms with Gasteiger partial charge in [-0.25, -0.2) is 4.98 Å². The number of imidazole rings is 1. The highest BCUT2D eigenvalue weighted by Crippen LogP contribution is 2.32. The van der Waals surface area contributed by atoms with Crippen molar-refractivity contribution in [3.05, 3.63) is 59.5 Å². The zero-order valence-corrected chi connectivity index (χ0v) is 17.2. The van der Waals surface area contributed by atoms with Gasteiger partial charge in [-0.15, -0.1) is 0 Å². The Labute approximate surface area is 183 Å². The van der Waals surface area contributed by atoms with Gasteiger partial charge in [-0.1, -0.05) is 6.07 Å². The lowest BCUT2D eigenvalue weighted by Crippen LogP contribution is -2.52. The van der Waals surface area contributed by atoms with Crippen LogP contribution >= 0.6 is 0 Å². The number of piperidine rings is 1. The van der Waals surface area contributed by atoms with E-state index in [1.807, 2.05) is 29.9 Å². The van der Waals surface area contributed by atoms with Gasteiger partial charge < -0.3 is 9.47 Å². The maximum atomic E-state index is 12.9. The van der Waals surface area contributed by atoms with Gasteiger partial charge in [-0.2, -0.15) is 5.26 Å². The molecular weight excluding hydrogens is 408 g/mol. The number of hydrogen-bond donors (Lipinski definition) is 1. The lowest BCUT2D eigenvalue weighted by Gasteiger charge is -2.29. The van der Waals surface area contributed by atoms with E-state index in [2.05, 4.69) is 16.4 Å². The van der Waals surface area contributed by atoms with E-state index < -0.39 is 11.9 Å². The molecule has 0 radical (unpaired) electrons. The van der Waals surface area contributed by atoms with Crippen molar-refractivity contribution in [2.24, 2.45) is 7.05 Å². The minimum atomic E-state index is -0.646. The Morgan fingerprint density at radius 2 is 2.03 bits per heavy atom. The van der Waals surface area contributed by atoms with Gasteiger partial charge in [0.15, 0.2) is 0 Å². The third-order valence-corrected chi connectivity index (χ3v) is 5.88. The Balaban J connectivity index is 1.46. The molecule has 3 amide bonds. The molecule has 0 saturated carbocycles. The van der Waals surface area contributed by atoms with E-state index in [1.54, 1.807) is 24.5 Å². The number of hydrogen-bond acceptors (Lipinski definition) is 6. The van der Waals surface area contributed by atoms with E-state index in [-0.39, 0.29) is 18.2 Å². The second-order valence-corrected chi connectivity index (χ2v) is 7.87. The first-order valence-electron chi connectivity index (χ1n) is 10.1. The summed E-state index contributed by atoms with van der Waals surface area (Å²) in [6.45, 7) is 0.301. The zero-order chi connectivity index (χ0) is 22.4. The quantitative estimate of drug-likeness (QED) is 0.638. The summed E-state index contributed by atoms with van der Waals surface area (Å²) in [5.74, 6) is -0.332. The van der Waals surface area contributed by atoms with Crippen LogP contribution in [0.2, 0.25) is 0 Å². The molecule has 1 fully saturated rings. The van der Waals surface area contributed by atoms with E-state index in [0.29, 0.717) is 41.2 Å². The molecule has 9 heteroatoms. The van der Waals surface area contributed by atoms with Gasteiger partial charge in [0.1, 0.15) is 17.9 Å². The normalized spacial score (nSPS) is 17.8. The Morgan fingerprint density at radius 3 is 2.81 bits per heavy atom. The van der Waals surface area contributed by atoms with Gasteiger partial charge in [0.05, 0.1) is 16.8 Å². The first-order valence-corrected chi connectivity index (χ1v) is 10.1. The number of carbonyl (C=O) groups excluding carboxylic acids is 3. The molecule has 3 aromatic rings. The van der Waals surface area contributed by atoms with Crippen molar-refractivity contribution < 1.29 is 14.4 Å². The summed E-state index contributed by atoms with van der Waals surface area (Å²) in [6.07, 6.45) is 5.59. The first kappa shape index (κ1) is 19.6. The van der Waals surface area contributed by atoms with Crippen LogP contribution in [-0.2, 0) is 23.2 Å². The van der Waals surface area contributed by atoms with Gasteiger partial charge >= 0.3 is 0 Å². The molecule has 0 aliphatic carbocycles. The molecule has 4 heterocycles. The fourth-order valence-corrected chi connectivity index (χ4v) is 4.26. The summed E-state index contributed by atoms with van der Waals surface area (Å²) in [6, 6.07) is 8.64. The summed E-state index contributed by atoms with van der Waals surface area (Å²) in [4.78, 5) is 46.9. The highest BCUT2D eigenvalue weighted by Gasteiger charge is 2.39. The molecule has 0 bridgehead atoms. The highest BCUT2D eigenvalue weighted by molar-refractivity contribution is 6.05. The summed E-state index contributed by atoms with van der Waals surface area (Å²) in [5, 5.41) is 11.7. The molecule has 2 aromatic heterocycles. The van der Waals surface area contributed by atoms with Crippen LogP contribution in [0.1, 0.15) is 34.3 Å². The molecule has 2 aliphatic rings. The highest BCUT2D eigenvalue weighted by atomic mass is 16.2. The molecule has 1 aromatic carbocycles. The number of nitrogens with one attached hydrogen (secondary N) is 1. The number of rotatable bonds is 3. The number of nitrogens with zero attached hydrogens (tertiary/aromatic N) is 5. The average molecular weight is 426 g/mol. The number of imide groups is 1. The third-order valence-electron chi connectivity index (χ3n) is 5.88. The molecule has 0 spiro atoms. The van der Waals surface area contributed by atoms with Crippen molar-refractivity contribution in [3.8, 4) is 28.7 Å². The Kier molecular flexibility index (Phi) is 4.56. The molecule has 1 unspecified atom stereocenters. The number of aryl methyl sites for hydroxylation is 1.